The zero-order valence-corrected chi connectivity index (χ0v) is 26.7. The Morgan fingerprint density at radius 1 is 0.737 bits per heavy atom. The van der Waals surface area contributed by atoms with Gasteiger partial charge in [-0.3, -0.25) is 9.59 Å². The van der Waals surface area contributed by atoms with E-state index in [0.29, 0.717) is 25.0 Å². The van der Waals surface area contributed by atoms with Crippen LogP contribution in [0.4, 0.5) is 0 Å². The van der Waals surface area contributed by atoms with Crippen LogP contribution in [0.2, 0.25) is 0 Å². The molecule has 0 rings (SSSR count). The van der Waals surface area contributed by atoms with Gasteiger partial charge in [-0.05, 0) is 79.2 Å². The molecule has 0 heterocycles. The first-order valence-electron chi connectivity index (χ1n) is 14.5. The van der Waals surface area contributed by atoms with Crippen LogP contribution >= 0.6 is 11.8 Å². The second-order valence-corrected chi connectivity index (χ2v) is 12.5. The lowest BCUT2D eigenvalue weighted by atomic mass is 9.90. The van der Waals surface area contributed by atoms with Crippen molar-refractivity contribution in [1.29, 1.82) is 0 Å². The first kappa shape index (κ1) is 38.6. The van der Waals surface area contributed by atoms with Crippen LogP contribution in [0.15, 0.2) is 12.2 Å². The van der Waals surface area contributed by atoms with E-state index in [1.165, 1.54) is 57.1 Å². The van der Waals surface area contributed by atoms with Crippen molar-refractivity contribution >= 4 is 29.7 Å². The van der Waals surface area contributed by atoms with Gasteiger partial charge in [0.25, 0.3) is 0 Å². The van der Waals surface area contributed by atoms with E-state index in [1.54, 1.807) is 6.92 Å². The van der Waals surface area contributed by atoms with E-state index in [2.05, 4.69) is 12.8 Å². The van der Waals surface area contributed by atoms with Crippen LogP contribution in [0.1, 0.15) is 132 Å². The Kier molecular flexibility index (Phi) is 23.8. The zero-order valence-electron chi connectivity index (χ0n) is 25.9. The summed E-state index contributed by atoms with van der Waals surface area (Å²) >= 11 is 1.94. The largest absolute Gasteiger partial charge is 0.466 e. The minimum absolute atomic E-state index is 0.113. The van der Waals surface area contributed by atoms with E-state index in [-0.39, 0.29) is 29.6 Å². The first-order valence-corrected chi connectivity index (χ1v) is 15.9. The molecule has 0 atom stereocenters. The van der Waals surface area contributed by atoms with Gasteiger partial charge in [-0.2, -0.15) is 11.8 Å². The fourth-order valence-corrected chi connectivity index (χ4v) is 3.58. The minimum Gasteiger partial charge on any atom is -0.466 e. The summed E-state index contributed by atoms with van der Waals surface area (Å²) in [5, 5.41) is 0. The van der Waals surface area contributed by atoms with E-state index in [9.17, 15) is 14.4 Å². The van der Waals surface area contributed by atoms with Crippen LogP contribution in [0.5, 0.6) is 0 Å². The van der Waals surface area contributed by atoms with Gasteiger partial charge in [0.2, 0.25) is 0 Å². The molecular formula is C31H58O6S. The average molecular weight is 559 g/mol. The maximum atomic E-state index is 11.5. The van der Waals surface area contributed by atoms with Crippen LogP contribution in [0.25, 0.3) is 0 Å². The predicted molar refractivity (Wildman–Crippen MR) is 160 cm³/mol. The SMILES string of the molecule is C=C(C)C(=O)OCCCC(=O)OCCCCCCCCCCCCSC.CCC(C)(C)C(=O)OC(C)(C)C. The van der Waals surface area contributed by atoms with Crippen LogP contribution < -0.4 is 0 Å². The van der Waals surface area contributed by atoms with Gasteiger partial charge in [-0.25, -0.2) is 4.79 Å². The molecule has 7 heteroatoms. The van der Waals surface area contributed by atoms with Crippen molar-refractivity contribution in [3.05, 3.63) is 12.2 Å². The molecule has 0 unspecified atom stereocenters. The van der Waals surface area contributed by atoms with E-state index >= 15 is 0 Å². The van der Waals surface area contributed by atoms with Gasteiger partial charge in [0.15, 0.2) is 0 Å². The van der Waals surface area contributed by atoms with E-state index in [1.807, 2.05) is 53.3 Å². The Morgan fingerprint density at radius 2 is 1.21 bits per heavy atom. The lowest BCUT2D eigenvalue weighted by Gasteiger charge is -2.27. The number of thioether (sulfide) groups is 1. The van der Waals surface area contributed by atoms with Gasteiger partial charge < -0.3 is 14.2 Å². The number of carbonyl (C=O) groups is 3. The third-order valence-corrected chi connectivity index (χ3v) is 6.64. The third kappa shape index (κ3) is 26.1. The summed E-state index contributed by atoms with van der Waals surface area (Å²) in [6.45, 7) is 17.3. The lowest BCUT2D eigenvalue weighted by Crippen LogP contribution is -2.33. The summed E-state index contributed by atoms with van der Waals surface area (Å²) in [5.74, 6) is 0.567. The Morgan fingerprint density at radius 3 is 1.66 bits per heavy atom. The number of hydrogen-bond acceptors (Lipinski definition) is 7. The fraction of sp³-hybridized carbons (Fsp3) is 0.839. The van der Waals surface area contributed by atoms with Crippen LogP contribution in [0, 0.1) is 5.41 Å². The first-order chi connectivity index (χ1) is 17.8. The molecule has 0 fully saturated rings. The minimum atomic E-state index is -0.408. The second kappa shape index (κ2) is 23.4. The van der Waals surface area contributed by atoms with Gasteiger partial charge in [-0.1, -0.05) is 64.9 Å². The molecule has 0 radical (unpaired) electrons. The number of esters is 3. The van der Waals surface area contributed by atoms with Crippen molar-refractivity contribution in [1.82, 2.24) is 0 Å². The molecule has 6 nitrogen and oxygen atoms in total. The molecule has 0 bridgehead atoms. The van der Waals surface area contributed by atoms with Crippen LogP contribution in [0.3, 0.4) is 0 Å². The number of hydrogen-bond donors (Lipinski definition) is 0. The highest BCUT2D eigenvalue weighted by Crippen LogP contribution is 2.24. The number of carbonyl (C=O) groups excluding carboxylic acids is 3. The quantitative estimate of drug-likeness (QED) is 0.0642. The highest BCUT2D eigenvalue weighted by molar-refractivity contribution is 7.98. The van der Waals surface area contributed by atoms with Gasteiger partial charge in [0.1, 0.15) is 5.60 Å². The van der Waals surface area contributed by atoms with E-state index in [0.717, 1.165) is 19.3 Å². The summed E-state index contributed by atoms with van der Waals surface area (Å²) in [5.41, 5.74) is -0.352. The van der Waals surface area contributed by atoms with Gasteiger partial charge >= 0.3 is 17.9 Å². The maximum Gasteiger partial charge on any atom is 0.333 e. The normalized spacial score (nSPS) is 11.3. The maximum absolute atomic E-state index is 11.5. The van der Waals surface area contributed by atoms with Crippen molar-refractivity contribution in [2.45, 2.75) is 138 Å². The highest BCUT2D eigenvalue weighted by Gasteiger charge is 2.30. The smallest absolute Gasteiger partial charge is 0.333 e. The Labute approximate surface area is 238 Å². The van der Waals surface area contributed by atoms with Crippen molar-refractivity contribution in [2.24, 2.45) is 5.41 Å². The summed E-state index contributed by atoms with van der Waals surface area (Å²) in [7, 11) is 0. The monoisotopic (exact) mass is 558 g/mol. The number of rotatable bonds is 20. The van der Waals surface area contributed by atoms with Crippen molar-refractivity contribution in [2.75, 3.05) is 25.2 Å². The highest BCUT2D eigenvalue weighted by atomic mass is 32.2. The molecule has 38 heavy (non-hydrogen) atoms. The Bertz CT molecular complexity index is 651. The molecule has 0 aromatic heterocycles. The summed E-state index contributed by atoms with van der Waals surface area (Å²) in [6.07, 6.45) is 16.5. The molecule has 0 aliphatic rings. The third-order valence-electron chi connectivity index (χ3n) is 5.95. The second-order valence-electron chi connectivity index (χ2n) is 11.5. The molecule has 224 valence electrons. The topological polar surface area (TPSA) is 78.9 Å². The molecule has 0 saturated carbocycles. The molecule has 0 aromatic carbocycles. The van der Waals surface area contributed by atoms with E-state index in [4.69, 9.17) is 14.2 Å². The summed E-state index contributed by atoms with van der Waals surface area (Å²) in [6, 6.07) is 0. The average Bonchev–Trinajstić information content (AvgIpc) is 2.83. The molecule has 0 amide bonds. The van der Waals surface area contributed by atoms with Gasteiger partial charge in [0.05, 0.1) is 18.6 Å². The molecule has 0 aromatic rings. The van der Waals surface area contributed by atoms with E-state index < -0.39 is 5.97 Å². The van der Waals surface area contributed by atoms with Crippen molar-refractivity contribution in [3.8, 4) is 0 Å². The van der Waals surface area contributed by atoms with Crippen LogP contribution in [-0.4, -0.2) is 48.7 Å². The number of ether oxygens (including phenoxy) is 3. The molecule has 0 saturated heterocycles. The standard InChI is InChI=1S/C21H38O4S.C10H20O2/c1-19(2)21(23)25-17-14-15-20(22)24-16-12-10-8-6-4-5-7-9-11-13-18-26-3;1-7-10(5,6)8(11)12-9(2,3)4/h1,4-18H2,2-3H3;7H2,1-6H3. The molecule has 0 aliphatic carbocycles. The Balaban J connectivity index is 0. The van der Waals surface area contributed by atoms with Gasteiger partial charge in [-0.15, -0.1) is 0 Å². The lowest BCUT2D eigenvalue weighted by molar-refractivity contribution is -0.165. The van der Waals surface area contributed by atoms with Crippen molar-refractivity contribution < 1.29 is 28.6 Å². The Hall–Kier alpha value is -1.50. The summed E-state index contributed by atoms with van der Waals surface area (Å²) < 4.78 is 15.4. The molecule has 0 aliphatic heterocycles. The fourth-order valence-electron chi connectivity index (χ4n) is 3.09. The number of unbranched alkanes of at least 4 members (excludes halogenated alkanes) is 9. The van der Waals surface area contributed by atoms with Crippen LogP contribution in [-0.2, 0) is 28.6 Å². The molecule has 0 spiro atoms. The predicted octanol–water partition coefficient (Wildman–Crippen LogP) is 8.46. The molecular weight excluding hydrogens is 500 g/mol. The zero-order chi connectivity index (χ0) is 29.5. The van der Waals surface area contributed by atoms with Gasteiger partial charge in [0, 0.05) is 12.0 Å². The summed E-state index contributed by atoms with van der Waals surface area (Å²) in [4.78, 5) is 34.2. The molecule has 0 N–H and O–H groups in total. The van der Waals surface area contributed by atoms with Crippen molar-refractivity contribution in [3.63, 3.8) is 0 Å².